The van der Waals surface area contributed by atoms with E-state index < -0.39 is 16.1 Å². The van der Waals surface area contributed by atoms with Gasteiger partial charge in [-0.3, -0.25) is 4.79 Å². The van der Waals surface area contributed by atoms with Gasteiger partial charge >= 0.3 is 0 Å². The number of ether oxygens (including phenoxy) is 2. The normalized spacial score (nSPS) is 16.5. The second-order valence-corrected chi connectivity index (χ2v) is 8.51. The van der Waals surface area contributed by atoms with Crippen LogP contribution >= 0.6 is 0 Å². The molecule has 0 spiro atoms. The van der Waals surface area contributed by atoms with E-state index in [1.165, 1.54) is 24.3 Å². The molecule has 4 N–H and O–H groups in total. The van der Waals surface area contributed by atoms with Gasteiger partial charge in [-0.15, -0.1) is 0 Å². The maximum atomic E-state index is 12.6. The number of primary sulfonamides is 1. The molecule has 156 valence electrons. The number of carbonyl (C=O) groups is 1. The number of sulfonamides is 1. The van der Waals surface area contributed by atoms with E-state index in [0.717, 1.165) is 17.7 Å². The maximum absolute atomic E-state index is 12.6. The Labute approximate surface area is 170 Å². The molecule has 1 heterocycles. The second-order valence-electron chi connectivity index (χ2n) is 6.95. The summed E-state index contributed by atoms with van der Waals surface area (Å²) in [7, 11) is -3.78. The van der Waals surface area contributed by atoms with Crippen molar-refractivity contribution in [3.8, 4) is 11.5 Å². The summed E-state index contributed by atoms with van der Waals surface area (Å²) >= 11 is 0. The Morgan fingerprint density at radius 1 is 1.31 bits per heavy atom. The lowest BCUT2D eigenvalue weighted by atomic mass is 10.1. The fourth-order valence-corrected chi connectivity index (χ4v) is 3.62. The molecule has 0 fully saturated rings. The monoisotopic (exact) mass is 419 g/mol. The number of carbonyl (C=O) groups excluding carboxylic acids is 1. The van der Waals surface area contributed by atoms with Gasteiger partial charge in [0.2, 0.25) is 15.9 Å². The average Bonchev–Trinajstić information content (AvgIpc) is 3.00. The Bertz CT molecular complexity index is 1010. The molecule has 0 saturated carbocycles. The zero-order valence-corrected chi connectivity index (χ0v) is 17.4. The third-order valence-electron chi connectivity index (χ3n) is 4.51. The van der Waals surface area contributed by atoms with Crippen LogP contribution in [-0.4, -0.2) is 33.1 Å². The molecule has 9 heteroatoms. The van der Waals surface area contributed by atoms with Gasteiger partial charge in [-0.1, -0.05) is 0 Å². The molecule has 0 unspecified atom stereocenters. The molecule has 1 aliphatic rings. The van der Waals surface area contributed by atoms with Crippen LogP contribution in [0.15, 0.2) is 41.3 Å². The minimum atomic E-state index is -3.78. The minimum absolute atomic E-state index is 0.0182. The van der Waals surface area contributed by atoms with Crippen molar-refractivity contribution in [2.75, 3.05) is 17.2 Å². The lowest BCUT2D eigenvalue weighted by Crippen LogP contribution is -2.32. The van der Waals surface area contributed by atoms with Gasteiger partial charge in [0.05, 0.1) is 17.2 Å². The summed E-state index contributed by atoms with van der Waals surface area (Å²) in [6.45, 7) is 6.13. The van der Waals surface area contributed by atoms with Gasteiger partial charge < -0.3 is 20.1 Å². The van der Waals surface area contributed by atoms with Crippen LogP contribution in [0.5, 0.6) is 11.5 Å². The van der Waals surface area contributed by atoms with Gasteiger partial charge in [0, 0.05) is 23.7 Å². The Balaban J connectivity index is 1.72. The quantitative estimate of drug-likeness (QED) is 0.634. The molecule has 3 rings (SSSR count). The third kappa shape index (κ3) is 4.99. The Hall–Kier alpha value is -2.78. The standard InChI is InChI=1S/C20H25N3O5S/c1-4-27-19-10-14-9-12(2)28-18(14)11-17(19)22-13(3)20(24)23-15-5-7-16(8-6-15)29(21,25)26/h5-8,10-13,22H,4,9H2,1-3H3,(H,23,24)(H2,21,25,26)/t12-,13-/m1/s1. The number of fused-ring (bicyclic) bond motifs is 1. The van der Waals surface area contributed by atoms with E-state index in [9.17, 15) is 13.2 Å². The molecule has 2 aromatic carbocycles. The van der Waals surface area contributed by atoms with E-state index in [4.69, 9.17) is 14.6 Å². The molecular weight excluding hydrogens is 394 g/mol. The second kappa shape index (κ2) is 8.30. The summed E-state index contributed by atoms with van der Waals surface area (Å²) in [5.74, 6) is 1.17. The highest BCUT2D eigenvalue weighted by Gasteiger charge is 2.23. The van der Waals surface area contributed by atoms with Crippen molar-refractivity contribution in [3.63, 3.8) is 0 Å². The van der Waals surface area contributed by atoms with Crippen LogP contribution in [0.25, 0.3) is 0 Å². The van der Waals surface area contributed by atoms with Gasteiger partial charge in [-0.2, -0.15) is 0 Å². The third-order valence-corrected chi connectivity index (χ3v) is 5.44. The van der Waals surface area contributed by atoms with Crippen molar-refractivity contribution < 1.29 is 22.7 Å². The summed E-state index contributed by atoms with van der Waals surface area (Å²) in [6, 6.07) is 8.88. The molecule has 0 saturated heterocycles. The summed E-state index contributed by atoms with van der Waals surface area (Å²) in [6.07, 6.45) is 0.927. The fraction of sp³-hybridized carbons (Fsp3) is 0.350. The van der Waals surface area contributed by atoms with E-state index in [-0.39, 0.29) is 16.9 Å². The van der Waals surface area contributed by atoms with Crippen LogP contribution in [-0.2, 0) is 21.2 Å². The highest BCUT2D eigenvalue weighted by atomic mass is 32.2. The lowest BCUT2D eigenvalue weighted by Gasteiger charge is -2.19. The molecule has 0 aliphatic carbocycles. The SMILES string of the molecule is CCOc1cc2c(cc1N[C@H](C)C(=O)Nc1ccc(S(N)(=O)=O)cc1)O[C@H](C)C2. The van der Waals surface area contributed by atoms with Crippen LogP contribution in [0.2, 0.25) is 0 Å². The van der Waals surface area contributed by atoms with Crippen molar-refractivity contribution in [2.45, 2.75) is 44.2 Å². The van der Waals surface area contributed by atoms with E-state index in [2.05, 4.69) is 10.6 Å². The Morgan fingerprint density at radius 3 is 2.62 bits per heavy atom. The minimum Gasteiger partial charge on any atom is -0.492 e. The number of anilines is 2. The molecule has 8 nitrogen and oxygen atoms in total. The maximum Gasteiger partial charge on any atom is 0.246 e. The van der Waals surface area contributed by atoms with Crippen molar-refractivity contribution >= 4 is 27.3 Å². The van der Waals surface area contributed by atoms with Crippen molar-refractivity contribution in [1.29, 1.82) is 0 Å². The first-order valence-electron chi connectivity index (χ1n) is 9.34. The largest absolute Gasteiger partial charge is 0.492 e. The molecule has 2 aromatic rings. The van der Waals surface area contributed by atoms with Crippen molar-refractivity contribution in [1.82, 2.24) is 0 Å². The van der Waals surface area contributed by atoms with Gasteiger partial charge in [-0.05, 0) is 51.1 Å². The van der Waals surface area contributed by atoms with Crippen LogP contribution in [0.1, 0.15) is 26.3 Å². The predicted molar refractivity (Wildman–Crippen MR) is 111 cm³/mol. The van der Waals surface area contributed by atoms with Crippen molar-refractivity contribution in [2.24, 2.45) is 5.14 Å². The van der Waals surface area contributed by atoms with Crippen molar-refractivity contribution in [3.05, 3.63) is 42.0 Å². The van der Waals surface area contributed by atoms with Gasteiger partial charge in [-0.25, -0.2) is 13.6 Å². The first-order valence-corrected chi connectivity index (χ1v) is 10.9. The lowest BCUT2D eigenvalue weighted by molar-refractivity contribution is -0.116. The molecule has 29 heavy (non-hydrogen) atoms. The summed E-state index contributed by atoms with van der Waals surface area (Å²) < 4.78 is 34.2. The van der Waals surface area contributed by atoms with E-state index in [1.54, 1.807) is 6.92 Å². The smallest absolute Gasteiger partial charge is 0.246 e. The Morgan fingerprint density at radius 2 is 2.00 bits per heavy atom. The highest BCUT2D eigenvalue weighted by molar-refractivity contribution is 7.89. The fourth-order valence-electron chi connectivity index (χ4n) is 3.10. The summed E-state index contributed by atoms with van der Waals surface area (Å²) in [5.41, 5.74) is 2.22. The van der Waals surface area contributed by atoms with Gasteiger partial charge in [0.1, 0.15) is 23.6 Å². The van der Waals surface area contributed by atoms with Crippen LogP contribution in [0.4, 0.5) is 11.4 Å². The molecule has 0 bridgehead atoms. The molecule has 1 aliphatic heterocycles. The number of amides is 1. The first-order chi connectivity index (χ1) is 13.7. The number of nitrogens with two attached hydrogens (primary N) is 1. The molecule has 2 atom stereocenters. The molecule has 0 radical (unpaired) electrons. The number of hydrogen-bond donors (Lipinski definition) is 3. The molecule has 1 amide bonds. The van der Waals surface area contributed by atoms with Gasteiger partial charge in [0.25, 0.3) is 0 Å². The summed E-state index contributed by atoms with van der Waals surface area (Å²) in [4.78, 5) is 12.5. The first kappa shape index (κ1) is 20.9. The van der Waals surface area contributed by atoms with E-state index in [1.807, 2.05) is 26.0 Å². The van der Waals surface area contributed by atoms with E-state index >= 15 is 0 Å². The number of nitrogens with one attached hydrogen (secondary N) is 2. The Kier molecular flexibility index (Phi) is 5.99. The van der Waals surface area contributed by atoms with Crippen LogP contribution < -0.4 is 25.2 Å². The summed E-state index contributed by atoms with van der Waals surface area (Å²) in [5, 5.41) is 11.0. The van der Waals surface area contributed by atoms with Crippen LogP contribution in [0.3, 0.4) is 0 Å². The van der Waals surface area contributed by atoms with E-state index in [0.29, 0.717) is 23.7 Å². The van der Waals surface area contributed by atoms with Gasteiger partial charge in [0.15, 0.2) is 0 Å². The molecule has 0 aromatic heterocycles. The zero-order valence-electron chi connectivity index (χ0n) is 16.6. The topological polar surface area (TPSA) is 120 Å². The number of rotatable bonds is 7. The average molecular weight is 420 g/mol. The highest BCUT2D eigenvalue weighted by Crippen LogP contribution is 2.38. The zero-order chi connectivity index (χ0) is 21.2. The van der Waals surface area contributed by atoms with Crippen LogP contribution in [0, 0.1) is 0 Å². The predicted octanol–water partition coefficient (Wildman–Crippen LogP) is 2.50. The number of hydrogen-bond acceptors (Lipinski definition) is 6. The molecular formula is C20H25N3O5S. The number of benzene rings is 2.